The first-order valence-electron chi connectivity index (χ1n) is 8.05. The molecular formula is C18H14ClFN4O4. The molecule has 1 heterocycles. The Bertz CT molecular complexity index is 1010. The first-order chi connectivity index (χ1) is 13.3. The monoisotopic (exact) mass is 404 g/mol. The van der Waals surface area contributed by atoms with Crippen LogP contribution < -0.4 is 16.0 Å². The highest BCUT2D eigenvalue weighted by Crippen LogP contribution is 2.33. The normalized spacial score (nSPS) is 16.2. The fourth-order valence-electron chi connectivity index (χ4n) is 2.83. The number of nitrogens with one attached hydrogen (secondary N) is 3. The van der Waals surface area contributed by atoms with Crippen molar-refractivity contribution in [1.82, 2.24) is 10.6 Å². The molecule has 10 heteroatoms. The fourth-order valence-corrected chi connectivity index (χ4v) is 3.01. The summed E-state index contributed by atoms with van der Waals surface area (Å²) < 4.78 is 13.1. The molecule has 0 unspecified atom stereocenters. The lowest BCUT2D eigenvalue weighted by atomic mass is 9.94. The summed E-state index contributed by atoms with van der Waals surface area (Å²) in [6.45, 7) is 1.54. The predicted octanol–water partition coefficient (Wildman–Crippen LogP) is 3.65. The molecule has 8 nitrogen and oxygen atoms in total. The molecule has 0 aromatic heterocycles. The van der Waals surface area contributed by atoms with Gasteiger partial charge in [-0.3, -0.25) is 14.9 Å². The molecule has 0 radical (unpaired) electrons. The van der Waals surface area contributed by atoms with Crippen molar-refractivity contribution in [3.8, 4) is 0 Å². The number of nitrogens with zero attached hydrogens (tertiary/aromatic N) is 1. The third-order valence-electron chi connectivity index (χ3n) is 4.12. The predicted molar refractivity (Wildman–Crippen MR) is 100 cm³/mol. The standard InChI is InChI=1S/C18H14ClFN4O4/c1-9-15(17(25)22-12-5-3-11(20)4-6-12)16(23-18(26)21-9)10-2-7-13(19)14(8-10)24(27)28/h2-8,16H,1H3,(H,22,25)(H2,21,23,26)/t16-/m0/s1. The quantitative estimate of drug-likeness (QED) is 0.533. The van der Waals surface area contributed by atoms with E-state index in [-0.39, 0.29) is 22.0 Å². The second-order valence-electron chi connectivity index (χ2n) is 6.00. The van der Waals surface area contributed by atoms with E-state index in [4.69, 9.17) is 11.6 Å². The molecular weight excluding hydrogens is 391 g/mol. The fraction of sp³-hybridized carbons (Fsp3) is 0.111. The molecule has 3 N–H and O–H groups in total. The SMILES string of the molecule is CC1=C(C(=O)Nc2ccc(F)cc2)[C@H](c2ccc(Cl)c([N+](=O)[O-])c2)NC(=O)N1. The maximum atomic E-state index is 13.1. The maximum Gasteiger partial charge on any atom is 0.319 e. The van der Waals surface area contributed by atoms with E-state index in [2.05, 4.69) is 16.0 Å². The minimum atomic E-state index is -0.940. The van der Waals surface area contributed by atoms with E-state index in [1.165, 1.54) is 49.4 Å². The van der Waals surface area contributed by atoms with Crippen molar-refractivity contribution in [2.24, 2.45) is 0 Å². The van der Waals surface area contributed by atoms with Crippen LogP contribution in [-0.2, 0) is 4.79 Å². The summed E-state index contributed by atoms with van der Waals surface area (Å²) in [5.74, 6) is -1.01. The smallest absolute Gasteiger partial charge is 0.319 e. The number of hydrogen-bond donors (Lipinski definition) is 3. The zero-order valence-corrected chi connectivity index (χ0v) is 15.2. The van der Waals surface area contributed by atoms with Crippen LogP contribution in [0.1, 0.15) is 18.5 Å². The molecule has 0 spiro atoms. The van der Waals surface area contributed by atoms with Crippen molar-refractivity contribution in [3.05, 3.63) is 80.3 Å². The molecule has 1 aliphatic heterocycles. The van der Waals surface area contributed by atoms with Crippen LogP contribution in [-0.4, -0.2) is 16.9 Å². The Balaban J connectivity index is 1.99. The summed E-state index contributed by atoms with van der Waals surface area (Å²) in [6, 6.07) is 7.69. The summed E-state index contributed by atoms with van der Waals surface area (Å²) in [4.78, 5) is 35.3. The van der Waals surface area contributed by atoms with Crippen molar-refractivity contribution < 1.29 is 18.9 Å². The van der Waals surface area contributed by atoms with Gasteiger partial charge in [-0.15, -0.1) is 0 Å². The summed E-state index contributed by atoms with van der Waals surface area (Å²) in [5, 5.41) is 18.8. The zero-order valence-electron chi connectivity index (χ0n) is 14.5. The second kappa shape index (κ2) is 7.65. The van der Waals surface area contributed by atoms with Crippen LogP contribution in [0.3, 0.4) is 0 Å². The number of urea groups is 1. The Labute approximate surface area is 163 Å². The topological polar surface area (TPSA) is 113 Å². The first kappa shape index (κ1) is 19.3. The molecule has 2 aromatic carbocycles. The molecule has 3 amide bonds. The lowest BCUT2D eigenvalue weighted by Crippen LogP contribution is -2.46. The molecule has 0 bridgehead atoms. The van der Waals surface area contributed by atoms with Crippen LogP contribution in [0.4, 0.5) is 20.6 Å². The number of hydrogen-bond acceptors (Lipinski definition) is 4. The van der Waals surface area contributed by atoms with E-state index in [0.717, 1.165) is 0 Å². The highest BCUT2D eigenvalue weighted by Gasteiger charge is 2.32. The average Bonchev–Trinajstić information content (AvgIpc) is 2.63. The van der Waals surface area contributed by atoms with Gasteiger partial charge in [-0.1, -0.05) is 17.7 Å². The summed E-state index contributed by atoms with van der Waals surface area (Å²) in [7, 11) is 0. The zero-order chi connectivity index (χ0) is 20.4. The largest absolute Gasteiger partial charge is 0.327 e. The third kappa shape index (κ3) is 3.94. The number of nitro benzene ring substituents is 1. The van der Waals surface area contributed by atoms with E-state index >= 15 is 0 Å². The summed E-state index contributed by atoms with van der Waals surface area (Å²) >= 11 is 5.84. The molecule has 2 aromatic rings. The first-order valence-corrected chi connectivity index (χ1v) is 8.43. The van der Waals surface area contributed by atoms with E-state index in [1.807, 2.05) is 0 Å². The van der Waals surface area contributed by atoms with E-state index in [9.17, 15) is 24.1 Å². The number of anilines is 1. The Hall–Kier alpha value is -3.46. The maximum absolute atomic E-state index is 13.1. The minimum Gasteiger partial charge on any atom is -0.327 e. The minimum absolute atomic E-state index is 0.0629. The summed E-state index contributed by atoms with van der Waals surface area (Å²) in [5.41, 5.74) is 0.758. The second-order valence-corrected chi connectivity index (χ2v) is 6.41. The molecule has 0 saturated heterocycles. The van der Waals surface area contributed by atoms with Gasteiger partial charge in [-0.05, 0) is 42.8 Å². The van der Waals surface area contributed by atoms with Crippen LogP contribution in [0.2, 0.25) is 5.02 Å². The van der Waals surface area contributed by atoms with Crippen molar-refractivity contribution in [2.75, 3.05) is 5.32 Å². The Morgan fingerprint density at radius 2 is 1.93 bits per heavy atom. The van der Waals surface area contributed by atoms with Crippen molar-refractivity contribution in [1.29, 1.82) is 0 Å². The molecule has 144 valence electrons. The van der Waals surface area contributed by atoms with Gasteiger partial charge in [0, 0.05) is 17.5 Å². The molecule has 3 rings (SSSR count). The highest BCUT2D eigenvalue weighted by atomic mass is 35.5. The van der Waals surface area contributed by atoms with Gasteiger partial charge < -0.3 is 16.0 Å². The van der Waals surface area contributed by atoms with Gasteiger partial charge in [0.2, 0.25) is 0 Å². The summed E-state index contributed by atoms with van der Waals surface area (Å²) in [6.07, 6.45) is 0. The molecule has 0 saturated carbocycles. The Morgan fingerprint density at radius 1 is 1.25 bits per heavy atom. The molecule has 1 atom stereocenters. The van der Waals surface area contributed by atoms with E-state index in [1.54, 1.807) is 0 Å². The Morgan fingerprint density at radius 3 is 2.57 bits per heavy atom. The van der Waals surface area contributed by atoms with E-state index in [0.29, 0.717) is 11.3 Å². The lowest BCUT2D eigenvalue weighted by molar-refractivity contribution is -0.384. The lowest BCUT2D eigenvalue weighted by Gasteiger charge is -2.28. The number of benzene rings is 2. The number of nitro groups is 1. The molecule has 1 aliphatic rings. The number of carbonyl (C=O) groups is 2. The number of allylic oxidation sites excluding steroid dienone is 1. The van der Waals surface area contributed by atoms with Gasteiger partial charge in [-0.2, -0.15) is 0 Å². The number of halogens is 2. The molecule has 0 aliphatic carbocycles. The van der Waals surface area contributed by atoms with Crippen LogP contribution in [0.15, 0.2) is 53.7 Å². The van der Waals surface area contributed by atoms with Crippen molar-refractivity contribution in [3.63, 3.8) is 0 Å². The van der Waals surface area contributed by atoms with Gasteiger partial charge >= 0.3 is 6.03 Å². The van der Waals surface area contributed by atoms with Crippen LogP contribution in [0, 0.1) is 15.9 Å². The number of rotatable bonds is 4. The van der Waals surface area contributed by atoms with Gasteiger partial charge in [-0.25, -0.2) is 9.18 Å². The Kier molecular flexibility index (Phi) is 5.27. The highest BCUT2D eigenvalue weighted by molar-refractivity contribution is 6.32. The molecule has 28 heavy (non-hydrogen) atoms. The van der Waals surface area contributed by atoms with Gasteiger partial charge in [0.05, 0.1) is 16.5 Å². The van der Waals surface area contributed by atoms with Gasteiger partial charge in [0.1, 0.15) is 10.8 Å². The van der Waals surface area contributed by atoms with Crippen LogP contribution in [0.5, 0.6) is 0 Å². The molecule has 0 fully saturated rings. The number of carbonyl (C=O) groups excluding carboxylic acids is 2. The van der Waals surface area contributed by atoms with Crippen molar-refractivity contribution in [2.45, 2.75) is 13.0 Å². The van der Waals surface area contributed by atoms with E-state index < -0.39 is 28.7 Å². The van der Waals surface area contributed by atoms with Gasteiger partial charge in [0.15, 0.2) is 0 Å². The van der Waals surface area contributed by atoms with Gasteiger partial charge in [0.25, 0.3) is 11.6 Å². The average molecular weight is 405 g/mol. The van der Waals surface area contributed by atoms with Crippen molar-refractivity contribution >= 4 is 34.9 Å². The third-order valence-corrected chi connectivity index (χ3v) is 4.44. The number of amides is 3. The van der Waals surface area contributed by atoms with Crippen LogP contribution >= 0.6 is 11.6 Å². The van der Waals surface area contributed by atoms with Crippen LogP contribution in [0.25, 0.3) is 0 Å².